The smallest absolute Gasteiger partial charge is 0.337 e. The number of benzene rings is 2. The number of morpholine rings is 1. The Bertz CT molecular complexity index is 766. The van der Waals surface area contributed by atoms with E-state index in [0.29, 0.717) is 17.7 Å². The van der Waals surface area contributed by atoms with Crippen LogP contribution in [0.5, 0.6) is 0 Å². The molecule has 1 aliphatic heterocycles. The first-order valence-electron chi connectivity index (χ1n) is 9.00. The number of hydrogen-bond donors (Lipinski definition) is 1. The predicted molar refractivity (Wildman–Crippen MR) is 101 cm³/mol. The van der Waals surface area contributed by atoms with E-state index in [1.807, 2.05) is 24.3 Å². The summed E-state index contributed by atoms with van der Waals surface area (Å²) in [4.78, 5) is 26.1. The molecule has 1 fully saturated rings. The summed E-state index contributed by atoms with van der Waals surface area (Å²) in [5.41, 5.74) is 3.22. The molecule has 1 amide bonds. The zero-order chi connectivity index (χ0) is 19.1. The largest absolute Gasteiger partial charge is 0.465 e. The second kappa shape index (κ2) is 9.30. The number of nitrogens with zero attached hydrogens (tertiary/aromatic N) is 1. The van der Waals surface area contributed by atoms with E-state index in [-0.39, 0.29) is 11.9 Å². The molecule has 6 nitrogen and oxygen atoms in total. The van der Waals surface area contributed by atoms with Gasteiger partial charge in [-0.3, -0.25) is 9.69 Å². The van der Waals surface area contributed by atoms with Crippen LogP contribution < -0.4 is 5.32 Å². The highest BCUT2D eigenvalue weighted by Crippen LogP contribution is 2.10. The van der Waals surface area contributed by atoms with Gasteiger partial charge in [0.25, 0.3) is 5.91 Å². The third-order valence-electron chi connectivity index (χ3n) is 4.55. The van der Waals surface area contributed by atoms with Crippen molar-refractivity contribution < 1.29 is 19.1 Å². The average molecular weight is 368 g/mol. The highest BCUT2D eigenvalue weighted by molar-refractivity contribution is 5.94. The van der Waals surface area contributed by atoms with Gasteiger partial charge in [-0.2, -0.15) is 0 Å². The van der Waals surface area contributed by atoms with E-state index in [0.717, 1.165) is 38.4 Å². The van der Waals surface area contributed by atoms with Crippen LogP contribution >= 0.6 is 0 Å². The topological polar surface area (TPSA) is 67.9 Å². The Kier molecular flexibility index (Phi) is 6.57. The molecule has 0 bridgehead atoms. The maximum absolute atomic E-state index is 12.3. The third-order valence-corrected chi connectivity index (χ3v) is 4.55. The lowest BCUT2D eigenvalue weighted by Crippen LogP contribution is -2.35. The number of carbonyl (C=O) groups is 2. The number of ether oxygens (including phenoxy) is 2. The first kappa shape index (κ1) is 19.1. The number of methoxy groups -OCH3 is 1. The second-order valence-electron chi connectivity index (χ2n) is 6.46. The van der Waals surface area contributed by atoms with Gasteiger partial charge in [0.2, 0.25) is 0 Å². The summed E-state index contributed by atoms with van der Waals surface area (Å²) in [6.07, 6.45) is 0. The lowest BCUT2D eigenvalue weighted by atomic mass is 10.1. The number of esters is 1. The Hall–Kier alpha value is -2.70. The summed E-state index contributed by atoms with van der Waals surface area (Å²) in [5.74, 6) is -0.493. The highest BCUT2D eigenvalue weighted by atomic mass is 16.5. The van der Waals surface area contributed by atoms with Crippen molar-refractivity contribution in [1.82, 2.24) is 10.2 Å². The summed E-state index contributed by atoms with van der Waals surface area (Å²) in [7, 11) is 1.35. The van der Waals surface area contributed by atoms with E-state index in [9.17, 15) is 9.59 Å². The maximum Gasteiger partial charge on any atom is 0.337 e. The highest BCUT2D eigenvalue weighted by Gasteiger charge is 2.11. The molecule has 0 spiro atoms. The summed E-state index contributed by atoms with van der Waals surface area (Å²) in [6, 6.07) is 14.7. The van der Waals surface area contributed by atoms with Gasteiger partial charge in [-0.1, -0.05) is 24.3 Å². The molecule has 27 heavy (non-hydrogen) atoms. The number of amides is 1. The fourth-order valence-corrected chi connectivity index (χ4v) is 2.94. The Morgan fingerprint density at radius 3 is 2.19 bits per heavy atom. The molecule has 1 aliphatic rings. The van der Waals surface area contributed by atoms with Crippen molar-refractivity contribution in [2.24, 2.45) is 0 Å². The number of carbonyl (C=O) groups excluding carboxylic acids is 2. The monoisotopic (exact) mass is 368 g/mol. The van der Waals surface area contributed by atoms with Crippen molar-refractivity contribution in [3.63, 3.8) is 0 Å². The molecule has 0 aliphatic carbocycles. The third kappa shape index (κ3) is 5.39. The Morgan fingerprint density at radius 2 is 1.56 bits per heavy atom. The van der Waals surface area contributed by atoms with Crippen LogP contribution in [0.1, 0.15) is 31.8 Å². The minimum atomic E-state index is -0.372. The normalized spacial score (nSPS) is 14.6. The number of nitrogens with one attached hydrogen (secondary N) is 1. The summed E-state index contributed by atoms with van der Waals surface area (Å²) in [5, 5.41) is 2.90. The molecule has 0 radical (unpaired) electrons. The van der Waals surface area contributed by atoms with Crippen molar-refractivity contribution in [1.29, 1.82) is 0 Å². The van der Waals surface area contributed by atoms with Gasteiger partial charge in [0.05, 0.1) is 25.9 Å². The minimum absolute atomic E-state index is 0.120. The Balaban J connectivity index is 1.51. The van der Waals surface area contributed by atoms with E-state index in [1.165, 1.54) is 12.7 Å². The average Bonchev–Trinajstić information content (AvgIpc) is 2.73. The molecule has 1 saturated heterocycles. The molecule has 1 heterocycles. The minimum Gasteiger partial charge on any atom is -0.465 e. The molecular formula is C21H24N2O4. The van der Waals surface area contributed by atoms with Crippen molar-refractivity contribution in [2.75, 3.05) is 33.4 Å². The molecule has 0 saturated carbocycles. The standard InChI is InChI=1S/C21H24N2O4/c1-26-21(25)19-8-2-16(3-9-19)14-22-20(24)18-6-4-17(5-7-18)15-23-10-12-27-13-11-23/h2-9H,10-15H2,1H3,(H,22,24). The van der Waals surface area contributed by atoms with Crippen LogP contribution in [-0.2, 0) is 22.6 Å². The van der Waals surface area contributed by atoms with Crippen LogP contribution in [0.2, 0.25) is 0 Å². The lowest BCUT2D eigenvalue weighted by Gasteiger charge is -2.26. The van der Waals surface area contributed by atoms with Crippen molar-refractivity contribution >= 4 is 11.9 Å². The van der Waals surface area contributed by atoms with Gasteiger partial charge in [-0.15, -0.1) is 0 Å². The van der Waals surface area contributed by atoms with Crippen LogP contribution in [0, 0.1) is 0 Å². The fraction of sp³-hybridized carbons (Fsp3) is 0.333. The molecular weight excluding hydrogens is 344 g/mol. The summed E-state index contributed by atoms with van der Waals surface area (Å²) < 4.78 is 10.0. The van der Waals surface area contributed by atoms with Crippen molar-refractivity contribution in [3.8, 4) is 0 Å². The van der Waals surface area contributed by atoms with Crippen LogP contribution in [0.3, 0.4) is 0 Å². The van der Waals surface area contributed by atoms with E-state index >= 15 is 0 Å². The van der Waals surface area contributed by atoms with E-state index in [4.69, 9.17) is 4.74 Å². The Morgan fingerprint density at radius 1 is 0.963 bits per heavy atom. The second-order valence-corrected chi connectivity index (χ2v) is 6.46. The van der Waals surface area contributed by atoms with Gasteiger partial charge in [-0.25, -0.2) is 4.79 Å². The zero-order valence-corrected chi connectivity index (χ0v) is 15.4. The van der Waals surface area contributed by atoms with Gasteiger partial charge in [-0.05, 0) is 35.4 Å². The SMILES string of the molecule is COC(=O)c1ccc(CNC(=O)c2ccc(CN3CCOCC3)cc2)cc1. The first-order chi connectivity index (χ1) is 13.2. The molecule has 0 aromatic heterocycles. The van der Waals surface area contributed by atoms with Crippen molar-refractivity contribution in [2.45, 2.75) is 13.1 Å². The van der Waals surface area contributed by atoms with Crippen LogP contribution in [0.25, 0.3) is 0 Å². The van der Waals surface area contributed by atoms with E-state index in [1.54, 1.807) is 24.3 Å². The molecule has 0 atom stereocenters. The molecule has 142 valence electrons. The quantitative estimate of drug-likeness (QED) is 0.792. The maximum atomic E-state index is 12.3. The molecule has 0 unspecified atom stereocenters. The van der Waals surface area contributed by atoms with E-state index in [2.05, 4.69) is 15.0 Å². The molecule has 2 aromatic carbocycles. The van der Waals surface area contributed by atoms with Gasteiger partial charge in [0.15, 0.2) is 0 Å². The zero-order valence-electron chi connectivity index (χ0n) is 15.4. The number of rotatable bonds is 6. The fourth-order valence-electron chi connectivity index (χ4n) is 2.94. The van der Waals surface area contributed by atoms with Gasteiger partial charge < -0.3 is 14.8 Å². The van der Waals surface area contributed by atoms with Gasteiger partial charge in [0, 0.05) is 31.7 Å². The summed E-state index contributed by atoms with van der Waals surface area (Å²) >= 11 is 0. The van der Waals surface area contributed by atoms with Crippen LogP contribution in [-0.4, -0.2) is 50.2 Å². The van der Waals surface area contributed by atoms with Gasteiger partial charge >= 0.3 is 5.97 Å². The lowest BCUT2D eigenvalue weighted by molar-refractivity contribution is 0.0342. The molecule has 3 rings (SSSR count). The van der Waals surface area contributed by atoms with Gasteiger partial charge in [0.1, 0.15) is 0 Å². The van der Waals surface area contributed by atoms with E-state index < -0.39 is 0 Å². The van der Waals surface area contributed by atoms with Crippen LogP contribution in [0.15, 0.2) is 48.5 Å². The predicted octanol–water partition coefficient (Wildman–Crippen LogP) is 2.24. The molecule has 6 heteroatoms. The van der Waals surface area contributed by atoms with Crippen molar-refractivity contribution in [3.05, 3.63) is 70.8 Å². The Labute approximate surface area is 159 Å². The number of hydrogen-bond acceptors (Lipinski definition) is 5. The summed E-state index contributed by atoms with van der Waals surface area (Å²) in [6.45, 7) is 4.71. The van der Waals surface area contributed by atoms with Crippen LogP contribution in [0.4, 0.5) is 0 Å². The molecule has 1 N–H and O–H groups in total. The first-order valence-corrected chi connectivity index (χ1v) is 9.00. The molecule has 2 aromatic rings.